The Labute approximate surface area is 168 Å². The third-order valence-corrected chi connectivity index (χ3v) is 4.10. The Kier molecular flexibility index (Phi) is 8.53. The number of ether oxygens (including phenoxy) is 2. The number of carbonyl (C=O) groups is 2. The van der Waals surface area contributed by atoms with Gasteiger partial charge in [0.15, 0.2) is 5.96 Å². The zero-order valence-electron chi connectivity index (χ0n) is 18.5. The average molecular weight is 400 g/mol. The van der Waals surface area contributed by atoms with E-state index in [1.807, 2.05) is 55.4 Å². The molecule has 0 aliphatic carbocycles. The third kappa shape index (κ3) is 7.18. The Balaban J connectivity index is 2.87. The molecular formula is C19H37N5O4. The first-order valence-corrected chi connectivity index (χ1v) is 9.90. The molecule has 2 amide bonds. The van der Waals surface area contributed by atoms with Crippen molar-refractivity contribution in [3.63, 3.8) is 0 Å². The lowest BCUT2D eigenvalue weighted by Gasteiger charge is -2.35. The van der Waals surface area contributed by atoms with E-state index in [1.54, 1.807) is 4.90 Å². The molecule has 1 heterocycles. The summed E-state index contributed by atoms with van der Waals surface area (Å²) in [6.07, 6.45) is -0.612. The first kappa shape index (κ1) is 24.0. The van der Waals surface area contributed by atoms with Crippen molar-refractivity contribution >= 4 is 18.0 Å². The van der Waals surface area contributed by atoms with Gasteiger partial charge in [-0.05, 0) is 55.4 Å². The minimum atomic E-state index is -0.787. The van der Waals surface area contributed by atoms with Crippen LogP contribution in [-0.4, -0.2) is 72.5 Å². The zero-order valence-corrected chi connectivity index (χ0v) is 18.5. The van der Waals surface area contributed by atoms with E-state index < -0.39 is 17.4 Å². The summed E-state index contributed by atoms with van der Waals surface area (Å²) in [5, 5.41) is 9.02. The van der Waals surface area contributed by atoms with E-state index in [2.05, 4.69) is 20.9 Å². The number of nitrogens with one attached hydrogen (secondary N) is 3. The predicted octanol–water partition coefficient (Wildman–Crippen LogP) is 1.44. The number of likely N-dealkylation sites (N-methyl/N-ethyl adjacent to an activating group) is 1. The van der Waals surface area contributed by atoms with Crippen molar-refractivity contribution < 1.29 is 19.1 Å². The Morgan fingerprint density at radius 1 is 1.14 bits per heavy atom. The van der Waals surface area contributed by atoms with Gasteiger partial charge in [-0.25, -0.2) is 9.79 Å². The van der Waals surface area contributed by atoms with Crippen LogP contribution in [0.3, 0.4) is 0 Å². The summed E-state index contributed by atoms with van der Waals surface area (Å²) in [6, 6.07) is -0.252. The van der Waals surface area contributed by atoms with Gasteiger partial charge in [0.2, 0.25) is 5.91 Å². The molecule has 0 aromatic carbocycles. The fourth-order valence-electron chi connectivity index (χ4n) is 3.07. The van der Waals surface area contributed by atoms with Crippen LogP contribution in [0, 0.1) is 0 Å². The Hall–Kier alpha value is -2.03. The second kappa shape index (κ2) is 9.95. The van der Waals surface area contributed by atoms with Crippen molar-refractivity contribution in [1.29, 1.82) is 0 Å². The number of nitrogens with zero attached hydrogens (tertiary/aromatic N) is 2. The Morgan fingerprint density at radius 3 is 2.29 bits per heavy atom. The van der Waals surface area contributed by atoms with E-state index in [0.717, 1.165) is 0 Å². The number of carbonyl (C=O) groups excluding carboxylic acids is 2. The van der Waals surface area contributed by atoms with Crippen LogP contribution in [0.1, 0.15) is 55.4 Å². The van der Waals surface area contributed by atoms with Crippen LogP contribution in [0.5, 0.6) is 0 Å². The number of hydrogen-bond donors (Lipinski definition) is 3. The highest BCUT2D eigenvalue weighted by Gasteiger charge is 2.49. The lowest BCUT2D eigenvalue weighted by atomic mass is 10.1. The third-order valence-electron chi connectivity index (χ3n) is 4.10. The van der Waals surface area contributed by atoms with Crippen LogP contribution < -0.4 is 16.0 Å². The largest absolute Gasteiger partial charge is 0.444 e. The molecule has 0 saturated carbocycles. The van der Waals surface area contributed by atoms with Crippen molar-refractivity contribution in [2.75, 3.05) is 26.2 Å². The highest BCUT2D eigenvalue weighted by Crippen LogP contribution is 2.33. The number of amides is 2. The quantitative estimate of drug-likeness (QED) is 0.461. The summed E-state index contributed by atoms with van der Waals surface area (Å²) in [5.74, 6) is 0.364. The van der Waals surface area contributed by atoms with E-state index in [0.29, 0.717) is 25.6 Å². The van der Waals surface area contributed by atoms with Crippen LogP contribution in [0.15, 0.2) is 4.99 Å². The van der Waals surface area contributed by atoms with Crippen LogP contribution >= 0.6 is 0 Å². The second-order valence-electron chi connectivity index (χ2n) is 8.22. The Morgan fingerprint density at radius 2 is 1.75 bits per heavy atom. The topological polar surface area (TPSA) is 104 Å². The highest BCUT2D eigenvalue weighted by atomic mass is 16.6. The van der Waals surface area contributed by atoms with Crippen molar-refractivity contribution in [2.45, 2.75) is 78.9 Å². The molecule has 2 atom stereocenters. The lowest BCUT2D eigenvalue weighted by Crippen LogP contribution is -2.54. The van der Waals surface area contributed by atoms with Gasteiger partial charge in [0.25, 0.3) is 0 Å². The fraction of sp³-hybridized carbons (Fsp3) is 0.842. The maximum absolute atomic E-state index is 12.8. The van der Waals surface area contributed by atoms with Crippen molar-refractivity contribution in [1.82, 2.24) is 20.9 Å². The molecule has 1 aliphatic rings. The molecule has 0 aromatic rings. The Bertz CT molecular complexity index is 571. The first-order valence-electron chi connectivity index (χ1n) is 9.90. The fourth-order valence-corrected chi connectivity index (χ4v) is 3.07. The summed E-state index contributed by atoms with van der Waals surface area (Å²) in [5.41, 5.74) is -1.38. The van der Waals surface area contributed by atoms with E-state index in [4.69, 9.17) is 9.47 Å². The van der Waals surface area contributed by atoms with Gasteiger partial charge >= 0.3 is 6.09 Å². The predicted molar refractivity (Wildman–Crippen MR) is 109 cm³/mol. The molecular weight excluding hydrogens is 362 g/mol. The summed E-state index contributed by atoms with van der Waals surface area (Å²) < 4.78 is 11.6. The molecule has 9 heteroatoms. The lowest BCUT2D eigenvalue weighted by molar-refractivity contribution is -0.119. The smallest absolute Gasteiger partial charge is 0.412 e. The molecule has 3 N–H and O–H groups in total. The SMILES string of the molecule is CCNC(=O)CN=C(NCC)NCC1C(C)OC(C)(C)N1C(=O)OC(C)(C)C. The number of aliphatic imine (C=N–C) groups is 1. The number of guanidine groups is 1. The van der Waals surface area contributed by atoms with Gasteiger partial charge in [0.05, 0.1) is 12.1 Å². The van der Waals surface area contributed by atoms with E-state index in [-0.39, 0.29) is 24.6 Å². The molecule has 1 saturated heterocycles. The van der Waals surface area contributed by atoms with Crippen LogP contribution in [0.2, 0.25) is 0 Å². The highest BCUT2D eigenvalue weighted by molar-refractivity contribution is 5.84. The van der Waals surface area contributed by atoms with Crippen LogP contribution in [0.4, 0.5) is 4.79 Å². The summed E-state index contributed by atoms with van der Waals surface area (Å²) >= 11 is 0. The molecule has 9 nitrogen and oxygen atoms in total. The first-order chi connectivity index (χ1) is 12.9. The van der Waals surface area contributed by atoms with Crippen molar-refractivity contribution in [2.24, 2.45) is 4.99 Å². The zero-order chi connectivity index (χ0) is 21.5. The van der Waals surface area contributed by atoms with Crippen LogP contribution in [0.25, 0.3) is 0 Å². The molecule has 162 valence electrons. The minimum Gasteiger partial charge on any atom is -0.444 e. The monoisotopic (exact) mass is 399 g/mol. The van der Waals surface area contributed by atoms with Gasteiger partial charge in [-0.15, -0.1) is 0 Å². The minimum absolute atomic E-state index is 0.0289. The number of hydrogen-bond acceptors (Lipinski definition) is 5. The molecule has 2 unspecified atom stereocenters. The van der Waals surface area contributed by atoms with E-state index in [1.165, 1.54) is 0 Å². The summed E-state index contributed by atoms with van der Waals surface area (Å²) in [7, 11) is 0. The summed E-state index contributed by atoms with van der Waals surface area (Å²) in [4.78, 5) is 30.4. The number of rotatable bonds is 6. The van der Waals surface area contributed by atoms with Gasteiger partial charge in [-0.3, -0.25) is 9.69 Å². The standard InChI is InChI=1S/C19H37N5O4/c1-9-20-15(25)12-23-16(21-10-2)22-11-14-13(3)27-19(7,8)24(14)17(26)28-18(4,5)6/h13-14H,9-12H2,1-8H3,(H,20,25)(H2,21,22,23). The second-order valence-corrected chi connectivity index (χ2v) is 8.22. The van der Waals surface area contributed by atoms with E-state index in [9.17, 15) is 9.59 Å². The van der Waals surface area contributed by atoms with Gasteiger partial charge in [0.1, 0.15) is 17.9 Å². The molecule has 0 aromatic heterocycles. The molecule has 1 aliphatic heterocycles. The molecule has 0 bridgehead atoms. The molecule has 1 rings (SSSR count). The van der Waals surface area contributed by atoms with Gasteiger partial charge in [0, 0.05) is 19.6 Å². The average Bonchev–Trinajstić information content (AvgIpc) is 2.77. The maximum Gasteiger partial charge on any atom is 0.412 e. The van der Waals surface area contributed by atoms with Crippen LogP contribution in [-0.2, 0) is 14.3 Å². The van der Waals surface area contributed by atoms with Crippen molar-refractivity contribution in [3.8, 4) is 0 Å². The molecule has 0 radical (unpaired) electrons. The van der Waals surface area contributed by atoms with Gasteiger partial charge < -0.3 is 25.4 Å². The normalized spacial score (nSPS) is 22.0. The molecule has 1 fully saturated rings. The van der Waals surface area contributed by atoms with Gasteiger partial charge in [-0.2, -0.15) is 0 Å². The van der Waals surface area contributed by atoms with E-state index >= 15 is 0 Å². The maximum atomic E-state index is 12.8. The molecule has 28 heavy (non-hydrogen) atoms. The van der Waals surface area contributed by atoms with Gasteiger partial charge in [-0.1, -0.05) is 0 Å². The summed E-state index contributed by atoms with van der Waals surface area (Å²) in [6.45, 7) is 16.6. The molecule has 0 spiro atoms. The van der Waals surface area contributed by atoms with Crippen molar-refractivity contribution in [3.05, 3.63) is 0 Å².